The van der Waals surface area contributed by atoms with Gasteiger partial charge in [0.15, 0.2) is 0 Å². The lowest BCUT2D eigenvalue weighted by atomic mass is 9.69. The van der Waals surface area contributed by atoms with E-state index in [1.165, 1.54) is 6.20 Å². The first-order valence-electron chi connectivity index (χ1n) is 12.8. The number of anilines is 2. The molecule has 1 saturated heterocycles. The Morgan fingerprint density at radius 2 is 1.98 bits per heavy atom. The molecule has 2 aliphatic heterocycles. The van der Waals surface area contributed by atoms with E-state index in [1.54, 1.807) is 23.3 Å². The topological polar surface area (TPSA) is 118 Å². The van der Waals surface area contributed by atoms with Crippen molar-refractivity contribution in [3.8, 4) is 6.07 Å². The molecule has 1 atom stereocenters. The number of nitrogens with zero attached hydrogens (tertiary/aromatic N) is 3. The van der Waals surface area contributed by atoms with Gasteiger partial charge < -0.3 is 25.9 Å². The summed E-state index contributed by atoms with van der Waals surface area (Å²) in [7, 11) is 7.13. The molecule has 5 rings (SSSR count). The zero-order valence-electron chi connectivity index (χ0n) is 22.5. The van der Waals surface area contributed by atoms with E-state index in [2.05, 4.69) is 53.4 Å². The molecule has 1 aromatic heterocycles. The van der Waals surface area contributed by atoms with Crippen molar-refractivity contribution in [2.45, 2.75) is 31.8 Å². The summed E-state index contributed by atoms with van der Waals surface area (Å²) >= 11 is 13.4. The van der Waals surface area contributed by atoms with Crippen LogP contribution in [0.3, 0.4) is 0 Å². The molecule has 0 aliphatic carbocycles. The largest absolute Gasteiger partial charge is 0.383 e. The fraction of sp³-hybridized carbons (Fsp3) is 0.357. The Morgan fingerprint density at radius 3 is 2.62 bits per heavy atom. The number of nitriles is 1. The Labute approximate surface area is 244 Å². The number of aliphatic hydroxyl groups is 1. The van der Waals surface area contributed by atoms with Gasteiger partial charge in [0.2, 0.25) is 0 Å². The monoisotopic (exact) mass is 577 g/mol. The van der Waals surface area contributed by atoms with E-state index in [0.29, 0.717) is 55.7 Å². The number of aromatic nitrogens is 1. The Kier molecular flexibility index (Phi) is 7.55. The summed E-state index contributed by atoms with van der Waals surface area (Å²) in [5.74, 6) is 0. The average molecular weight is 578 g/mol. The SMILES string of the molecule is [B]C(Nc1cc(Cl)c2ncc(C#N)c(NCC(C)(C)C)c2c1)(C1=CN(CC2(O)COC2)NN1)c1ccccc1Cl. The van der Waals surface area contributed by atoms with Crippen LogP contribution in [0.25, 0.3) is 10.9 Å². The molecule has 40 heavy (non-hydrogen) atoms. The van der Waals surface area contributed by atoms with Crippen molar-refractivity contribution in [1.82, 2.24) is 21.0 Å². The van der Waals surface area contributed by atoms with Gasteiger partial charge in [-0.15, -0.1) is 5.53 Å². The number of nitrogens with one attached hydrogen (secondary N) is 4. The second-order valence-electron chi connectivity index (χ2n) is 11.5. The third-order valence-corrected chi connectivity index (χ3v) is 7.35. The van der Waals surface area contributed by atoms with E-state index in [0.717, 1.165) is 0 Å². The summed E-state index contributed by atoms with van der Waals surface area (Å²) < 4.78 is 5.17. The highest BCUT2D eigenvalue weighted by atomic mass is 35.5. The predicted octanol–water partition coefficient (Wildman–Crippen LogP) is 4.23. The van der Waals surface area contributed by atoms with E-state index in [9.17, 15) is 10.4 Å². The third-order valence-electron chi connectivity index (χ3n) is 6.73. The highest BCUT2D eigenvalue weighted by Crippen LogP contribution is 2.39. The highest BCUT2D eigenvalue weighted by molar-refractivity contribution is 6.36. The third kappa shape index (κ3) is 5.66. The molecule has 0 spiro atoms. The summed E-state index contributed by atoms with van der Waals surface area (Å²) in [4.78, 5) is 4.45. The van der Waals surface area contributed by atoms with Gasteiger partial charge in [0.1, 0.15) is 19.5 Å². The maximum atomic E-state index is 10.6. The minimum atomic E-state index is -1.35. The summed E-state index contributed by atoms with van der Waals surface area (Å²) in [5, 5.41) is 30.5. The maximum Gasteiger partial charge on any atom is 0.130 e. The second-order valence-corrected chi connectivity index (χ2v) is 12.3. The zero-order chi connectivity index (χ0) is 28.7. The fourth-order valence-electron chi connectivity index (χ4n) is 4.63. The molecule has 3 aromatic rings. The molecule has 206 valence electrons. The second kappa shape index (κ2) is 10.7. The molecular formula is C28H30BCl2N7O2. The molecule has 0 amide bonds. The lowest BCUT2D eigenvalue weighted by Gasteiger charge is -2.38. The van der Waals surface area contributed by atoms with E-state index >= 15 is 0 Å². The Morgan fingerprint density at radius 1 is 1.23 bits per heavy atom. The number of β-amino-alcohol motifs (C(OH)–C–C–N with tert-alkyl or cyclic N) is 1. The van der Waals surface area contributed by atoms with Gasteiger partial charge in [-0.3, -0.25) is 9.99 Å². The molecule has 1 unspecified atom stereocenters. The number of hydrazine groups is 2. The number of rotatable bonds is 8. The van der Waals surface area contributed by atoms with Gasteiger partial charge in [0.05, 0.1) is 52.7 Å². The van der Waals surface area contributed by atoms with Gasteiger partial charge in [-0.25, -0.2) is 0 Å². The zero-order valence-corrected chi connectivity index (χ0v) is 24.0. The molecule has 12 heteroatoms. The molecule has 3 heterocycles. The molecule has 2 radical (unpaired) electrons. The van der Waals surface area contributed by atoms with Gasteiger partial charge in [0, 0.05) is 35.0 Å². The van der Waals surface area contributed by atoms with Crippen LogP contribution in [0.2, 0.25) is 10.0 Å². The van der Waals surface area contributed by atoms with Gasteiger partial charge >= 0.3 is 0 Å². The van der Waals surface area contributed by atoms with Gasteiger partial charge in [-0.1, -0.05) is 62.2 Å². The van der Waals surface area contributed by atoms with Crippen LogP contribution in [-0.2, 0) is 10.2 Å². The first-order valence-corrected chi connectivity index (χ1v) is 13.6. The van der Waals surface area contributed by atoms with E-state index in [4.69, 9.17) is 35.8 Å². The Balaban J connectivity index is 1.58. The number of ether oxygens (including phenoxy) is 1. The molecule has 5 N–H and O–H groups in total. The summed E-state index contributed by atoms with van der Waals surface area (Å²) in [6.07, 6.45) is 3.30. The van der Waals surface area contributed by atoms with Crippen molar-refractivity contribution < 1.29 is 9.84 Å². The van der Waals surface area contributed by atoms with Gasteiger partial charge in [-0.2, -0.15) is 5.26 Å². The number of fused-ring (bicyclic) bond motifs is 1. The standard InChI is InChI=1S/C28H30BCl2N7O2/c1-26(2,3)13-34-24-17(10-32)11-33-25-19(24)8-18(9-22(25)31)35-28(29,20-6-4-5-7-21(20)30)23-12-38(37-36-23)14-27(39)15-40-16-27/h4-9,11-12,35-37,39H,13-16H2,1-3H3,(H,33,34). The lowest BCUT2D eigenvalue weighted by Crippen LogP contribution is -2.58. The van der Waals surface area contributed by atoms with Crippen molar-refractivity contribution in [2.75, 3.05) is 36.9 Å². The molecule has 2 aliphatic rings. The van der Waals surface area contributed by atoms with Crippen LogP contribution in [0.5, 0.6) is 0 Å². The predicted molar refractivity (Wildman–Crippen MR) is 159 cm³/mol. The quantitative estimate of drug-likeness (QED) is 0.251. The van der Waals surface area contributed by atoms with Crippen LogP contribution in [0.4, 0.5) is 11.4 Å². The number of benzene rings is 2. The minimum absolute atomic E-state index is 0.0311. The fourth-order valence-corrected chi connectivity index (χ4v) is 5.19. The lowest BCUT2D eigenvalue weighted by molar-refractivity contribution is -0.186. The Bertz CT molecular complexity index is 1520. The van der Waals surface area contributed by atoms with Crippen molar-refractivity contribution in [2.24, 2.45) is 5.41 Å². The van der Waals surface area contributed by atoms with Crippen LogP contribution in [0.15, 0.2) is 54.5 Å². The molecule has 0 saturated carbocycles. The number of hydrogen-bond donors (Lipinski definition) is 5. The summed E-state index contributed by atoms with van der Waals surface area (Å²) in [6, 6.07) is 13.1. The molecular weight excluding hydrogens is 548 g/mol. The van der Waals surface area contributed by atoms with Gasteiger partial charge in [-0.05, 0) is 29.2 Å². The van der Waals surface area contributed by atoms with E-state index < -0.39 is 11.0 Å². The number of hydrogen-bond acceptors (Lipinski definition) is 9. The first-order chi connectivity index (χ1) is 18.9. The van der Waals surface area contributed by atoms with E-state index in [-0.39, 0.29) is 25.2 Å². The summed E-state index contributed by atoms with van der Waals surface area (Å²) in [5.41, 5.74) is 7.18. The molecule has 2 aromatic carbocycles. The van der Waals surface area contributed by atoms with Crippen molar-refractivity contribution in [3.63, 3.8) is 0 Å². The van der Waals surface area contributed by atoms with E-state index in [1.807, 2.05) is 24.3 Å². The maximum absolute atomic E-state index is 10.6. The minimum Gasteiger partial charge on any atom is -0.383 e. The average Bonchev–Trinajstić information content (AvgIpc) is 3.35. The normalized spacial score (nSPS) is 17.8. The van der Waals surface area contributed by atoms with Crippen LogP contribution < -0.4 is 21.6 Å². The van der Waals surface area contributed by atoms with Crippen molar-refractivity contribution in [3.05, 3.63) is 75.7 Å². The van der Waals surface area contributed by atoms with Crippen LogP contribution in [-0.4, -0.2) is 54.9 Å². The van der Waals surface area contributed by atoms with Crippen LogP contribution in [0, 0.1) is 16.7 Å². The van der Waals surface area contributed by atoms with Crippen LogP contribution in [0.1, 0.15) is 31.9 Å². The van der Waals surface area contributed by atoms with Crippen molar-refractivity contribution in [1.29, 1.82) is 5.26 Å². The number of pyridine rings is 1. The first kappa shape index (κ1) is 28.3. The number of halogens is 2. The molecule has 1 fully saturated rings. The van der Waals surface area contributed by atoms with Crippen LogP contribution >= 0.6 is 23.2 Å². The summed E-state index contributed by atoms with van der Waals surface area (Å²) in [6.45, 7) is 7.76. The van der Waals surface area contributed by atoms with Crippen molar-refractivity contribution >= 4 is 53.3 Å². The Hall–Kier alpha value is -3.20. The molecule has 9 nitrogen and oxygen atoms in total. The molecule has 0 bridgehead atoms. The highest BCUT2D eigenvalue weighted by Gasteiger charge is 2.41. The van der Waals surface area contributed by atoms with Gasteiger partial charge in [0.25, 0.3) is 0 Å². The smallest absolute Gasteiger partial charge is 0.130 e.